The number of hydrogen-bond acceptors (Lipinski definition) is 3. The molecule has 0 heterocycles. The minimum Gasteiger partial charge on any atom is -0.350 e. The third-order valence-corrected chi connectivity index (χ3v) is 6.89. The predicted octanol–water partition coefficient (Wildman–Crippen LogP) is 6.44. The molecule has 0 unspecified atom stereocenters. The maximum atomic E-state index is 13.7. The van der Waals surface area contributed by atoms with Crippen LogP contribution in [0.2, 0.25) is 5.02 Å². The molecule has 2 amide bonds. The molecule has 190 valence electrons. The molecule has 1 atom stereocenters. The summed E-state index contributed by atoms with van der Waals surface area (Å²) < 4.78 is 0. The first-order valence-corrected chi connectivity index (χ1v) is 13.7. The average Bonchev–Trinajstić information content (AvgIpc) is 2.83. The van der Waals surface area contributed by atoms with Gasteiger partial charge in [0.05, 0.1) is 5.75 Å². The van der Waals surface area contributed by atoms with Crippen molar-refractivity contribution in [3.05, 3.63) is 106 Å². The molecule has 0 bridgehead atoms. The number of benzene rings is 3. The number of nitrogens with one attached hydrogen (secondary N) is 1. The average molecular weight is 523 g/mol. The van der Waals surface area contributed by atoms with Crippen LogP contribution in [0.25, 0.3) is 0 Å². The van der Waals surface area contributed by atoms with Gasteiger partial charge < -0.3 is 10.2 Å². The lowest BCUT2D eigenvalue weighted by atomic mass is 10.0. The van der Waals surface area contributed by atoms with Crippen LogP contribution < -0.4 is 5.32 Å². The largest absolute Gasteiger partial charge is 0.350 e. The number of hydrogen-bond donors (Lipinski definition) is 1. The van der Waals surface area contributed by atoms with Crippen LogP contribution >= 0.6 is 23.4 Å². The van der Waals surface area contributed by atoms with Gasteiger partial charge in [0, 0.05) is 29.3 Å². The van der Waals surface area contributed by atoms with E-state index in [4.69, 9.17) is 11.6 Å². The van der Waals surface area contributed by atoms with E-state index in [0.29, 0.717) is 23.7 Å². The van der Waals surface area contributed by atoms with Crippen LogP contribution in [-0.2, 0) is 28.3 Å². The highest BCUT2D eigenvalue weighted by Gasteiger charge is 2.32. The van der Waals surface area contributed by atoms with E-state index in [1.807, 2.05) is 107 Å². The molecule has 0 radical (unpaired) electrons. The summed E-state index contributed by atoms with van der Waals surface area (Å²) in [7, 11) is 0. The second kappa shape index (κ2) is 13.0. The topological polar surface area (TPSA) is 49.4 Å². The third kappa shape index (κ3) is 9.03. The Kier molecular flexibility index (Phi) is 10.0. The van der Waals surface area contributed by atoms with Gasteiger partial charge in [0.1, 0.15) is 6.04 Å². The van der Waals surface area contributed by atoms with Gasteiger partial charge in [-0.15, -0.1) is 11.8 Å². The summed E-state index contributed by atoms with van der Waals surface area (Å²) >= 11 is 7.54. The lowest BCUT2D eigenvalue weighted by Gasteiger charge is -2.34. The summed E-state index contributed by atoms with van der Waals surface area (Å²) in [5, 5.41) is 3.80. The number of carbonyl (C=O) groups excluding carboxylic acids is 2. The van der Waals surface area contributed by atoms with Crippen molar-refractivity contribution in [3.63, 3.8) is 0 Å². The van der Waals surface area contributed by atoms with Gasteiger partial charge in [-0.3, -0.25) is 9.59 Å². The SMILES string of the molecule is Cc1ccc(CN(C(=O)CSCc2ccc(Cl)cc2)[C@@H](Cc2ccccc2)C(=O)NC(C)(C)C)cc1. The quantitative estimate of drug-likeness (QED) is 0.333. The van der Waals surface area contributed by atoms with Crippen molar-refractivity contribution in [2.24, 2.45) is 0 Å². The molecule has 0 aliphatic rings. The molecule has 0 spiro atoms. The molecule has 6 heteroatoms. The zero-order chi connectivity index (χ0) is 26.1. The van der Waals surface area contributed by atoms with Crippen LogP contribution in [0.5, 0.6) is 0 Å². The van der Waals surface area contributed by atoms with E-state index in [0.717, 1.165) is 22.3 Å². The number of rotatable bonds is 10. The number of halogens is 1. The van der Waals surface area contributed by atoms with Gasteiger partial charge in [-0.25, -0.2) is 0 Å². The highest BCUT2D eigenvalue weighted by atomic mass is 35.5. The van der Waals surface area contributed by atoms with E-state index < -0.39 is 11.6 Å². The van der Waals surface area contributed by atoms with Crippen molar-refractivity contribution >= 4 is 35.2 Å². The van der Waals surface area contributed by atoms with E-state index in [1.165, 1.54) is 0 Å². The molecule has 3 rings (SSSR count). The smallest absolute Gasteiger partial charge is 0.243 e. The molecule has 0 aromatic heterocycles. The molecule has 3 aromatic carbocycles. The van der Waals surface area contributed by atoms with Crippen molar-refractivity contribution in [2.75, 3.05) is 5.75 Å². The van der Waals surface area contributed by atoms with E-state index in [2.05, 4.69) is 5.32 Å². The second-order valence-corrected chi connectivity index (χ2v) is 11.5. The maximum Gasteiger partial charge on any atom is 0.243 e. The Balaban J connectivity index is 1.85. The molecular weight excluding hydrogens is 488 g/mol. The van der Waals surface area contributed by atoms with E-state index >= 15 is 0 Å². The van der Waals surface area contributed by atoms with Crippen LogP contribution in [0.1, 0.15) is 43.0 Å². The van der Waals surface area contributed by atoms with Gasteiger partial charge in [0.25, 0.3) is 0 Å². The summed E-state index contributed by atoms with van der Waals surface area (Å²) in [6.45, 7) is 8.28. The highest BCUT2D eigenvalue weighted by Crippen LogP contribution is 2.20. The molecule has 0 aliphatic carbocycles. The molecule has 1 N–H and O–H groups in total. The van der Waals surface area contributed by atoms with Gasteiger partial charge in [-0.2, -0.15) is 0 Å². The maximum absolute atomic E-state index is 13.7. The summed E-state index contributed by atoms with van der Waals surface area (Å²) in [4.78, 5) is 29.0. The predicted molar refractivity (Wildman–Crippen MR) is 151 cm³/mol. The Morgan fingerprint density at radius 2 is 1.50 bits per heavy atom. The van der Waals surface area contributed by atoms with Crippen LogP contribution in [0.4, 0.5) is 0 Å². The van der Waals surface area contributed by atoms with Gasteiger partial charge in [-0.05, 0) is 56.5 Å². The zero-order valence-corrected chi connectivity index (χ0v) is 23.0. The number of aryl methyl sites for hydroxylation is 1. The van der Waals surface area contributed by atoms with Crippen LogP contribution in [0, 0.1) is 6.92 Å². The zero-order valence-electron chi connectivity index (χ0n) is 21.5. The fourth-order valence-electron chi connectivity index (χ4n) is 3.82. The van der Waals surface area contributed by atoms with E-state index in [1.54, 1.807) is 16.7 Å². The molecule has 36 heavy (non-hydrogen) atoms. The molecule has 4 nitrogen and oxygen atoms in total. The Bertz CT molecular complexity index is 1130. The van der Waals surface area contributed by atoms with Gasteiger partial charge in [0.2, 0.25) is 11.8 Å². The monoisotopic (exact) mass is 522 g/mol. The summed E-state index contributed by atoms with van der Waals surface area (Å²) in [5.41, 5.74) is 3.86. The molecule has 0 saturated heterocycles. The first-order valence-electron chi connectivity index (χ1n) is 12.1. The molecule has 0 saturated carbocycles. The van der Waals surface area contributed by atoms with Gasteiger partial charge in [0.15, 0.2) is 0 Å². The van der Waals surface area contributed by atoms with Gasteiger partial charge in [-0.1, -0.05) is 83.9 Å². The lowest BCUT2D eigenvalue weighted by Crippen LogP contribution is -2.54. The standard InChI is InChI=1S/C30H35ClN2O2S/c1-22-10-12-24(13-11-22)19-33(28(34)21-36-20-25-14-16-26(31)17-15-25)27(29(35)32-30(2,3)4)18-23-8-6-5-7-9-23/h5-17,27H,18-21H2,1-4H3,(H,32,35)/t27-/m0/s1. The second-order valence-electron chi connectivity index (χ2n) is 10.1. The molecule has 0 fully saturated rings. The molecule has 3 aromatic rings. The number of carbonyl (C=O) groups is 2. The van der Waals surface area contributed by atoms with Crippen molar-refractivity contribution in [2.45, 2.75) is 58.0 Å². The summed E-state index contributed by atoms with van der Waals surface area (Å²) in [6.07, 6.45) is 0.447. The Labute approximate surface area is 224 Å². The highest BCUT2D eigenvalue weighted by molar-refractivity contribution is 7.99. The Morgan fingerprint density at radius 3 is 2.11 bits per heavy atom. The summed E-state index contributed by atoms with van der Waals surface area (Å²) in [5.74, 6) is 0.774. The molecule has 0 aliphatic heterocycles. The van der Waals surface area contributed by atoms with E-state index in [-0.39, 0.29) is 17.6 Å². The normalized spacial score (nSPS) is 12.1. The summed E-state index contributed by atoms with van der Waals surface area (Å²) in [6, 6.07) is 25.0. The number of nitrogens with zero attached hydrogens (tertiary/aromatic N) is 1. The van der Waals surface area contributed by atoms with Crippen LogP contribution in [-0.4, -0.2) is 34.0 Å². The minimum absolute atomic E-state index is 0.0560. The number of thioether (sulfide) groups is 1. The lowest BCUT2D eigenvalue weighted by molar-refractivity contribution is -0.140. The third-order valence-electron chi connectivity index (χ3n) is 5.65. The fourth-order valence-corrected chi connectivity index (χ4v) is 4.81. The van der Waals surface area contributed by atoms with Crippen LogP contribution in [0.3, 0.4) is 0 Å². The van der Waals surface area contributed by atoms with Gasteiger partial charge >= 0.3 is 0 Å². The first kappa shape index (κ1) is 27.8. The Hall–Kier alpha value is -2.76. The molecular formula is C30H35ClN2O2S. The first-order chi connectivity index (χ1) is 17.1. The van der Waals surface area contributed by atoms with Crippen LogP contribution in [0.15, 0.2) is 78.9 Å². The van der Waals surface area contributed by atoms with Crippen molar-refractivity contribution < 1.29 is 9.59 Å². The van der Waals surface area contributed by atoms with E-state index in [9.17, 15) is 9.59 Å². The van der Waals surface area contributed by atoms with Crippen molar-refractivity contribution in [1.29, 1.82) is 0 Å². The Morgan fingerprint density at radius 1 is 0.889 bits per heavy atom. The number of amides is 2. The van der Waals surface area contributed by atoms with Crippen molar-refractivity contribution in [3.8, 4) is 0 Å². The van der Waals surface area contributed by atoms with Crippen molar-refractivity contribution in [1.82, 2.24) is 10.2 Å². The minimum atomic E-state index is -0.628. The fraction of sp³-hybridized carbons (Fsp3) is 0.333.